The Balaban J connectivity index is 0.00000147. The van der Waals surface area contributed by atoms with E-state index in [0.29, 0.717) is 11.5 Å². The number of aromatic nitrogens is 2. The molecule has 1 aromatic carbocycles. The third-order valence-corrected chi connectivity index (χ3v) is 4.46. The van der Waals surface area contributed by atoms with E-state index in [2.05, 4.69) is 4.98 Å². The van der Waals surface area contributed by atoms with Gasteiger partial charge in [0.15, 0.2) is 16.5 Å². The SMILES string of the molecule is COc1cc2[nH]c(=O)[n+]3c(c2cc1OC)SCCC3.[Cl-]. The summed E-state index contributed by atoms with van der Waals surface area (Å²) in [6.45, 7) is 0.766. The molecule has 0 fully saturated rings. The molecule has 2 aromatic rings. The van der Waals surface area contributed by atoms with E-state index in [9.17, 15) is 4.79 Å². The summed E-state index contributed by atoms with van der Waals surface area (Å²) in [6, 6.07) is 3.74. The molecule has 108 valence electrons. The molecule has 20 heavy (non-hydrogen) atoms. The van der Waals surface area contributed by atoms with Crippen LogP contribution in [0, 0.1) is 0 Å². The van der Waals surface area contributed by atoms with Crippen molar-refractivity contribution in [2.75, 3.05) is 20.0 Å². The number of aromatic amines is 1. The van der Waals surface area contributed by atoms with Gasteiger partial charge in [-0.2, -0.15) is 9.36 Å². The number of hydrogen-bond donors (Lipinski definition) is 1. The van der Waals surface area contributed by atoms with E-state index in [-0.39, 0.29) is 18.1 Å². The van der Waals surface area contributed by atoms with Crippen molar-refractivity contribution in [2.24, 2.45) is 0 Å². The average molecular weight is 315 g/mol. The standard InChI is InChI=1S/C13H14N2O3S.ClH/c1-17-10-6-8-9(7-11(10)18-2)14-13(16)15-4-3-5-19-12(8)15;/h6-7H,3-5H2,1-2H3;1H. The van der Waals surface area contributed by atoms with E-state index in [1.807, 2.05) is 12.1 Å². The topological polar surface area (TPSA) is 55.2 Å². The van der Waals surface area contributed by atoms with Crippen LogP contribution in [0.1, 0.15) is 6.42 Å². The lowest BCUT2D eigenvalue weighted by atomic mass is 10.2. The molecular weight excluding hydrogens is 300 g/mol. The molecule has 3 rings (SSSR count). The van der Waals surface area contributed by atoms with Crippen molar-refractivity contribution in [1.82, 2.24) is 4.98 Å². The van der Waals surface area contributed by atoms with Gasteiger partial charge in [-0.15, -0.1) is 0 Å². The molecule has 0 unspecified atom stereocenters. The fourth-order valence-electron chi connectivity index (χ4n) is 2.33. The maximum absolute atomic E-state index is 12.1. The van der Waals surface area contributed by atoms with E-state index in [4.69, 9.17) is 9.47 Å². The molecule has 0 bridgehead atoms. The molecule has 0 aliphatic carbocycles. The monoisotopic (exact) mass is 314 g/mol. The number of hydrogen-bond acceptors (Lipinski definition) is 4. The van der Waals surface area contributed by atoms with Crippen molar-refractivity contribution >= 4 is 22.7 Å². The number of methoxy groups -OCH3 is 2. The van der Waals surface area contributed by atoms with E-state index < -0.39 is 0 Å². The maximum Gasteiger partial charge on any atom is 0.497 e. The summed E-state index contributed by atoms with van der Waals surface area (Å²) >= 11 is 1.71. The minimum atomic E-state index is -0.0677. The fourth-order valence-corrected chi connectivity index (χ4v) is 3.45. The lowest BCUT2D eigenvalue weighted by molar-refractivity contribution is -0.748. The number of thioether (sulfide) groups is 1. The summed E-state index contributed by atoms with van der Waals surface area (Å²) < 4.78 is 12.4. The number of fused-ring (bicyclic) bond motifs is 3. The van der Waals surface area contributed by atoms with E-state index >= 15 is 0 Å². The van der Waals surface area contributed by atoms with Crippen LogP contribution in [-0.2, 0) is 6.54 Å². The first-order chi connectivity index (χ1) is 9.24. The zero-order valence-corrected chi connectivity index (χ0v) is 12.8. The van der Waals surface area contributed by atoms with Crippen molar-refractivity contribution in [3.05, 3.63) is 22.6 Å². The van der Waals surface area contributed by atoms with Crippen molar-refractivity contribution in [1.29, 1.82) is 0 Å². The number of ether oxygens (including phenoxy) is 2. The van der Waals surface area contributed by atoms with Crippen LogP contribution in [0.15, 0.2) is 22.0 Å². The molecule has 1 aliphatic rings. The lowest BCUT2D eigenvalue weighted by Gasteiger charge is -2.14. The fraction of sp³-hybridized carbons (Fsp3) is 0.385. The Morgan fingerprint density at radius 3 is 2.65 bits per heavy atom. The third kappa shape index (κ3) is 2.33. The molecular formula is C13H15ClN2O3S. The maximum atomic E-state index is 12.1. The Bertz CT molecular complexity index is 702. The van der Waals surface area contributed by atoms with Crippen molar-refractivity contribution in [3.63, 3.8) is 0 Å². The molecule has 7 heteroatoms. The number of rotatable bonds is 2. The highest BCUT2D eigenvalue weighted by Crippen LogP contribution is 2.34. The zero-order chi connectivity index (χ0) is 13.4. The van der Waals surface area contributed by atoms with Gasteiger partial charge >= 0.3 is 5.69 Å². The van der Waals surface area contributed by atoms with Gasteiger partial charge in [-0.1, -0.05) is 11.8 Å². The Hall–Kier alpha value is -1.40. The van der Waals surface area contributed by atoms with Gasteiger partial charge in [0, 0.05) is 17.9 Å². The van der Waals surface area contributed by atoms with Gasteiger partial charge in [-0.05, 0) is 6.42 Å². The number of benzene rings is 1. The molecule has 0 atom stereocenters. The Kier molecular flexibility index (Phi) is 4.45. The van der Waals surface area contributed by atoms with Crippen molar-refractivity contribution < 1.29 is 26.4 Å². The molecule has 2 heterocycles. The molecule has 5 nitrogen and oxygen atoms in total. The quantitative estimate of drug-likeness (QED) is 0.532. The second-order valence-electron chi connectivity index (χ2n) is 4.34. The molecule has 1 aliphatic heterocycles. The second kappa shape index (κ2) is 5.93. The van der Waals surface area contributed by atoms with Crippen LogP contribution in [0.25, 0.3) is 10.9 Å². The van der Waals surface area contributed by atoms with Crippen LogP contribution < -0.4 is 32.1 Å². The largest absolute Gasteiger partial charge is 1.00 e. The van der Waals surface area contributed by atoms with E-state index in [1.54, 1.807) is 30.5 Å². The van der Waals surface area contributed by atoms with Gasteiger partial charge in [-0.3, -0.25) is 0 Å². The number of halogens is 1. The van der Waals surface area contributed by atoms with E-state index in [1.165, 1.54) is 0 Å². The zero-order valence-electron chi connectivity index (χ0n) is 11.2. The van der Waals surface area contributed by atoms with Crippen LogP contribution in [0.5, 0.6) is 11.5 Å². The van der Waals surface area contributed by atoms with Crippen molar-refractivity contribution in [2.45, 2.75) is 18.0 Å². The average Bonchev–Trinajstić information content (AvgIpc) is 2.46. The lowest BCUT2D eigenvalue weighted by Crippen LogP contribution is -3.00. The highest BCUT2D eigenvalue weighted by molar-refractivity contribution is 7.99. The smallest absolute Gasteiger partial charge is 0.497 e. The van der Waals surface area contributed by atoms with Gasteiger partial charge in [0.25, 0.3) is 0 Å². The van der Waals surface area contributed by atoms with Gasteiger partial charge in [-0.25, -0.2) is 4.98 Å². The van der Waals surface area contributed by atoms with E-state index in [0.717, 1.165) is 34.6 Å². The minimum Gasteiger partial charge on any atom is -1.00 e. The van der Waals surface area contributed by atoms with Gasteiger partial charge in [0.05, 0.1) is 26.2 Å². The normalized spacial score (nSPS) is 13.5. The Morgan fingerprint density at radius 1 is 1.25 bits per heavy atom. The first kappa shape index (κ1) is 15.0. The van der Waals surface area contributed by atoms with Crippen LogP contribution in [0.3, 0.4) is 0 Å². The number of nitrogens with zero attached hydrogens (tertiary/aromatic N) is 1. The van der Waals surface area contributed by atoms with Crippen molar-refractivity contribution in [3.8, 4) is 11.5 Å². The number of nitrogens with one attached hydrogen (secondary N) is 1. The molecule has 0 spiro atoms. The predicted octanol–water partition coefficient (Wildman–Crippen LogP) is -1.67. The summed E-state index contributed by atoms with van der Waals surface area (Å²) in [6.07, 6.45) is 1.02. The highest BCUT2D eigenvalue weighted by Gasteiger charge is 2.23. The molecule has 0 amide bonds. The number of H-pyrrole nitrogens is 1. The predicted molar refractivity (Wildman–Crippen MR) is 73.2 cm³/mol. The van der Waals surface area contributed by atoms with Crippen LogP contribution in [-0.4, -0.2) is 25.0 Å². The first-order valence-electron chi connectivity index (χ1n) is 6.09. The summed E-state index contributed by atoms with van der Waals surface area (Å²) in [4.78, 5) is 15.0. The highest BCUT2D eigenvalue weighted by atomic mass is 35.5. The van der Waals surface area contributed by atoms with Crippen LogP contribution >= 0.6 is 11.8 Å². The van der Waals surface area contributed by atoms with Crippen LogP contribution in [0.2, 0.25) is 0 Å². The van der Waals surface area contributed by atoms with Gasteiger partial charge in [0.1, 0.15) is 5.52 Å². The Labute approximate surface area is 126 Å². The second-order valence-corrected chi connectivity index (χ2v) is 5.43. The summed E-state index contributed by atoms with van der Waals surface area (Å²) in [5, 5.41) is 2.01. The third-order valence-electron chi connectivity index (χ3n) is 3.25. The summed E-state index contributed by atoms with van der Waals surface area (Å²) in [7, 11) is 3.20. The Morgan fingerprint density at radius 2 is 1.95 bits per heavy atom. The summed E-state index contributed by atoms with van der Waals surface area (Å²) in [5.74, 6) is 2.33. The van der Waals surface area contributed by atoms with Crippen LogP contribution in [0.4, 0.5) is 0 Å². The molecule has 0 saturated heterocycles. The molecule has 1 aromatic heterocycles. The van der Waals surface area contributed by atoms with Gasteiger partial charge < -0.3 is 21.9 Å². The van der Waals surface area contributed by atoms with Gasteiger partial charge in [0.2, 0.25) is 0 Å². The molecule has 0 saturated carbocycles. The first-order valence-corrected chi connectivity index (χ1v) is 7.08. The molecule has 0 radical (unpaired) electrons. The summed E-state index contributed by atoms with van der Waals surface area (Å²) in [5.41, 5.74) is 0.713. The minimum absolute atomic E-state index is 0. The molecule has 1 N–H and O–H groups in total.